The summed E-state index contributed by atoms with van der Waals surface area (Å²) in [7, 11) is -4.68. The fourth-order valence-electron chi connectivity index (χ4n) is 4.53. The van der Waals surface area contributed by atoms with Crippen LogP contribution in [-0.2, 0) is 18.3 Å². The third-order valence-corrected chi connectivity index (χ3v) is 17.5. The van der Waals surface area contributed by atoms with Crippen LogP contribution in [0.15, 0.2) is 34.1 Å². The van der Waals surface area contributed by atoms with Gasteiger partial charge in [0.2, 0.25) is 12.5 Å². The highest BCUT2D eigenvalue weighted by molar-refractivity contribution is 6.74. The van der Waals surface area contributed by atoms with Gasteiger partial charge < -0.3 is 40.0 Å². The molecule has 2 fully saturated rings. The summed E-state index contributed by atoms with van der Waals surface area (Å²) in [6, 6.07) is 2.45. The molecule has 6 atom stereocenters. The van der Waals surface area contributed by atoms with Gasteiger partial charge in [0.15, 0.2) is 22.7 Å². The van der Waals surface area contributed by atoms with E-state index in [-0.39, 0.29) is 23.3 Å². The van der Waals surface area contributed by atoms with Gasteiger partial charge in [0, 0.05) is 12.4 Å². The lowest BCUT2D eigenvalue weighted by Gasteiger charge is -2.40. The molecule has 6 N–H and O–H groups in total. The lowest BCUT2D eigenvalue weighted by molar-refractivity contribution is -0.140. The fourth-order valence-corrected chi connectivity index (χ4v) is 6.76. The van der Waals surface area contributed by atoms with Crippen LogP contribution in [0.25, 0.3) is 0 Å². The zero-order valence-electron chi connectivity index (χ0n) is 29.1. The smallest absolute Gasteiger partial charge is 0.351 e. The molecule has 0 spiro atoms. The number of ether oxygens (including phenoxy) is 2. The van der Waals surface area contributed by atoms with Crippen molar-refractivity contribution in [2.24, 2.45) is 0 Å². The molecule has 278 valence electrons. The molecule has 2 saturated heterocycles. The Balaban J connectivity index is 0.000000305. The third kappa shape index (κ3) is 8.60. The van der Waals surface area contributed by atoms with Crippen molar-refractivity contribution in [1.82, 2.24) is 19.1 Å². The van der Waals surface area contributed by atoms with Crippen molar-refractivity contribution in [1.29, 1.82) is 0 Å². The van der Waals surface area contributed by atoms with Crippen molar-refractivity contribution in [3.05, 3.63) is 45.5 Å². The van der Waals surface area contributed by atoms with Gasteiger partial charge in [0.05, 0.1) is 13.2 Å². The van der Waals surface area contributed by atoms with Crippen LogP contribution < -0.4 is 22.8 Å². The number of aromatic nitrogens is 4. The van der Waals surface area contributed by atoms with Crippen LogP contribution in [0, 0.1) is 0 Å². The summed E-state index contributed by atoms with van der Waals surface area (Å²) < 4.78 is 82.9. The Hall–Kier alpha value is -2.73. The molecule has 20 heteroatoms. The molecule has 4 heterocycles. The van der Waals surface area contributed by atoms with Crippen molar-refractivity contribution in [2.75, 3.05) is 24.7 Å². The molecule has 2 aliphatic heterocycles. The van der Waals surface area contributed by atoms with E-state index in [1.54, 1.807) is 0 Å². The van der Waals surface area contributed by atoms with Gasteiger partial charge >= 0.3 is 23.2 Å². The van der Waals surface area contributed by atoms with Gasteiger partial charge in [-0.2, -0.15) is 27.5 Å². The van der Waals surface area contributed by atoms with Gasteiger partial charge in [-0.25, -0.2) is 9.59 Å². The number of hydrogen-bond acceptors (Lipinski definition) is 12. The molecule has 0 aromatic carbocycles. The molecule has 2 aromatic heterocycles. The van der Waals surface area contributed by atoms with Crippen LogP contribution in [0.1, 0.15) is 47.1 Å². The predicted molar refractivity (Wildman–Crippen MR) is 177 cm³/mol. The van der Waals surface area contributed by atoms with Crippen molar-refractivity contribution >= 4 is 28.3 Å². The second-order valence-electron chi connectivity index (χ2n) is 14.5. The number of aliphatic hydroxyl groups excluding tert-OH is 2. The molecular formula is C29H48F4N6O8Si2. The van der Waals surface area contributed by atoms with Crippen molar-refractivity contribution in [3.63, 3.8) is 0 Å². The van der Waals surface area contributed by atoms with E-state index in [2.05, 4.69) is 23.8 Å². The quantitative estimate of drug-likeness (QED) is 0.217. The average Bonchev–Trinajstić information content (AvgIpc) is 3.34. The summed E-state index contributed by atoms with van der Waals surface area (Å²) in [6.07, 6.45) is -7.92. The predicted octanol–water partition coefficient (Wildman–Crippen LogP) is 3.09. The van der Waals surface area contributed by atoms with Crippen LogP contribution in [0.2, 0.25) is 36.8 Å². The van der Waals surface area contributed by atoms with E-state index in [9.17, 15) is 23.5 Å². The number of nitrogen functional groups attached to an aromatic ring is 2. The molecule has 0 amide bonds. The highest BCUT2D eigenvalue weighted by Gasteiger charge is 2.63. The molecule has 49 heavy (non-hydrogen) atoms. The summed E-state index contributed by atoms with van der Waals surface area (Å²) in [5, 5.41) is 17.8. The largest absolute Gasteiger partial charge is 0.414 e. The van der Waals surface area contributed by atoms with E-state index in [0.29, 0.717) is 10.1 Å². The molecule has 0 radical (unpaired) electrons. The maximum atomic E-state index is 15.7. The number of alkyl halides is 4. The van der Waals surface area contributed by atoms with E-state index < -0.39 is 83.3 Å². The number of hydrogen-bond donors (Lipinski definition) is 4. The Morgan fingerprint density at radius 2 is 1.37 bits per heavy atom. The topological polar surface area (TPSA) is 199 Å². The highest BCUT2D eigenvalue weighted by atomic mass is 28.4. The number of aliphatic hydroxyl groups is 2. The lowest BCUT2D eigenvalue weighted by Crippen LogP contribution is -2.53. The Morgan fingerprint density at radius 1 is 0.918 bits per heavy atom. The number of rotatable bonds is 9. The standard InChI is InChI=1S/C20H37F2N3O4Si2.C9H11F2N3O4/c1-13(2)30(6,7)27-12-14-16(29-31(8,9)19(3,4)5)20(21,22)17(28-14)25-11-10-15(23)24-18(25)26;10-9(11)6(16)4(3-15)18-7(9)14-2-1-5(12)13-8(14)17/h10-11,13-14,16-17H,12H2,1-9H3,(H2,23,24,26);1-2,4,6-7,15-16H,3H2,(H2,12,13,17)/t14-,16?,17-;4-,6?,7-/m11/s1. The SMILES string of the molecule is CC(C)[Si](C)(C)OC[C@H]1O[C@@H](n2ccc(N)nc2=O)C(F)(F)C1O[Si](C)(C)C(C)(C)C.Nc1ccn([C@@H]2O[C@H](CO)C(O)C2(F)F)c(=O)n1. The molecule has 2 unspecified atom stereocenters. The maximum Gasteiger partial charge on any atom is 0.351 e. The van der Waals surface area contributed by atoms with Crippen LogP contribution in [-0.4, -0.2) is 95.4 Å². The summed E-state index contributed by atoms with van der Waals surface area (Å²) in [5.41, 5.74) is 9.13. The van der Waals surface area contributed by atoms with Gasteiger partial charge in [-0.05, 0) is 48.9 Å². The first-order valence-electron chi connectivity index (χ1n) is 15.6. The first-order chi connectivity index (χ1) is 22.3. The van der Waals surface area contributed by atoms with E-state index in [4.69, 9.17) is 34.9 Å². The van der Waals surface area contributed by atoms with E-state index >= 15 is 8.78 Å². The highest BCUT2D eigenvalue weighted by Crippen LogP contribution is 2.48. The maximum absolute atomic E-state index is 15.7. The lowest BCUT2D eigenvalue weighted by atomic mass is 10.1. The van der Waals surface area contributed by atoms with Crippen molar-refractivity contribution < 1.29 is 46.1 Å². The molecule has 4 rings (SSSR count). The molecule has 14 nitrogen and oxygen atoms in total. The van der Waals surface area contributed by atoms with Crippen molar-refractivity contribution in [3.8, 4) is 0 Å². The van der Waals surface area contributed by atoms with Gasteiger partial charge in [-0.1, -0.05) is 34.6 Å². The zero-order valence-corrected chi connectivity index (χ0v) is 31.1. The van der Waals surface area contributed by atoms with Crippen molar-refractivity contribution in [2.45, 2.75) is 120 Å². The fraction of sp³-hybridized carbons (Fsp3) is 0.724. The zero-order chi connectivity index (χ0) is 37.5. The minimum atomic E-state index is -3.71. The first-order valence-corrected chi connectivity index (χ1v) is 21.5. The summed E-state index contributed by atoms with van der Waals surface area (Å²) >= 11 is 0. The first kappa shape index (κ1) is 40.7. The van der Waals surface area contributed by atoms with Crippen LogP contribution in [0.3, 0.4) is 0 Å². The molecule has 0 saturated carbocycles. The average molecular weight is 741 g/mol. The Bertz CT molecular complexity index is 1570. The van der Waals surface area contributed by atoms with E-state index in [1.165, 1.54) is 12.3 Å². The van der Waals surface area contributed by atoms with E-state index in [0.717, 1.165) is 16.8 Å². The van der Waals surface area contributed by atoms with Crippen LogP contribution >= 0.6 is 0 Å². The van der Waals surface area contributed by atoms with Gasteiger partial charge in [-0.3, -0.25) is 9.13 Å². The molecule has 0 bridgehead atoms. The molecule has 2 aromatic rings. The van der Waals surface area contributed by atoms with Gasteiger partial charge in [-0.15, -0.1) is 0 Å². The number of anilines is 2. The number of nitrogens with zero attached hydrogens (tertiary/aromatic N) is 4. The van der Waals surface area contributed by atoms with Gasteiger partial charge in [0.25, 0.3) is 0 Å². The Morgan fingerprint density at radius 3 is 1.76 bits per heavy atom. The normalized spacial score (nSPS) is 26.9. The third-order valence-electron chi connectivity index (χ3n) is 9.36. The minimum Gasteiger partial charge on any atom is -0.414 e. The Labute approximate surface area is 283 Å². The monoisotopic (exact) mass is 740 g/mol. The molecule has 2 aliphatic rings. The van der Waals surface area contributed by atoms with Crippen LogP contribution in [0.5, 0.6) is 0 Å². The second-order valence-corrected chi connectivity index (χ2v) is 23.9. The van der Waals surface area contributed by atoms with E-state index in [1.807, 2.05) is 47.0 Å². The molecular weight excluding hydrogens is 693 g/mol. The molecule has 0 aliphatic carbocycles. The summed E-state index contributed by atoms with van der Waals surface area (Å²) in [4.78, 5) is 30.6. The minimum absolute atomic E-state index is 0.0278. The Kier molecular flexibility index (Phi) is 12.0. The van der Waals surface area contributed by atoms with Crippen LogP contribution in [0.4, 0.5) is 29.2 Å². The summed E-state index contributed by atoms with van der Waals surface area (Å²) in [6.45, 7) is 17.2. The second kappa shape index (κ2) is 14.5. The van der Waals surface area contributed by atoms with Gasteiger partial charge in [0.1, 0.15) is 29.9 Å². The number of halogens is 4. The number of nitrogens with two attached hydrogens (primary N) is 2. The summed E-state index contributed by atoms with van der Waals surface area (Å²) in [5.74, 6) is -7.33.